The molecule has 0 aromatic heterocycles. The van der Waals surface area contributed by atoms with Crippen LogP contribution >= 0.6 is 0 Å². The van der Waals surface area contributed by atoms with Gasteiger partial charge in [-0.25, -0.2) is 0 Å². The fourth-order valence-electron chi connectivity index (χ4n) is 3.41. The van der Waals surface area contributed by atoms with Crippen LogP contribution < -0.4 is 5.73 Å². The standard InChI is InChI=1S/C15H28N2O/c1-2-17(11-12-6-5-7-12)15(18)14-9-4-3-8-13(14)10-16/h12-14H,2-11,16H2,1H3. The first-order valence-electron chi connectivity index (χ1n) is 7.75. The SMILES string of the molecule is CCN(CC1CCC1)C(=O)C1CCCCC1CN. The van der Waals surface area contributed by atoms with E-state index in [2.05, 4.69) is 11.8 Å². The molecule has 2 rings (SSSR count). The van der Waals surface area contributed by atoms with Crippen LogP contribution in [0.15, 0.2) is 0 Å². The highest BCUT2D eigenvalue weighted by atomic mass is 16.2. The van der Waals surface area contributed by atoms with E-state index in [1.807, 2.05) is 0 Å². The van der Waals surface area contributed by atoms with Crippen molar-refractivity contribution in [2.24, 2.45) is 23.5 Å². The number of amides is 1. The number of carbonyl (C=O) groups is 1. The van der Waals surface area contributed by atoms with Crippen LogP contribution in [0.2, 0.25) is 0 Å². The first-order chi connectivity index (χ1) is 8.76. The number of nitrogens with two attached hydrogens (primary N) is 1. The Kier molecular flexibility index (Phi) is 5.04. The third-order valence-electron chi connectivity index (χ3n) is 4.93. The summed E-state index contributed by atoms with van der Waals surface area (Å²) in [5, 5.41) is 0. The van der Waals surface area contributed by atoms with Gasteiger partial charge in [0.1, 0.15) is 0 Å². The second-order valence-electron chi connectivity index (χ2n) is 6.06. The highest BCUT2D eigenvalue weighted by Crippen LogP contribution is 2.32. The van der Waals surface area contributed by atoms with E-state index in [0.29, 0.717) is 18.4 Å². The average Bonchev–Trinajstić information content (AvgIpc) is 2.37. The number of hydrogen-bond donors (Lipinski definition) is 1. The fourth-order valence-corrected chi connectivity index (χ4v) is 3.41. The zero-order valence-corrected chi connectivity index (χ0v) is 11.7. The molecule has 0 bridgehead atoms. The third-order valence-corrected chi connectivity index (χ3v) is 4.93. The van der Waals surface area contributed by atoms with E-state index >= 15 is 0 Å². The average molecular weight is 252 g/mol. The molecule has 104 valence electrons. The molecule has 0 aliphatic heterocycles. The lowest BCUT2D eigenvalue weighted by Crippen LogP contribution is -2.44. The molecule has 18 heavy (non-hydrogen) atoms. The van der Waals surface area contributed by atoms with Gasteiger partial charge in [0.25, 0.3) is 0 Å². The molecule has 2 aliphatic carbocycles. The monoisotopic (exact) mass is 252 g/mol. The zero-order chi connectivity index (χ0) is 13.0. The van der Waals surface area contributed by atoms with Gasteiger partial charge in [0, 0.05) is 19.0 Å². The summed E-state index contributed by atoms with van der Waals surface area (Å²) in [4.78, 5) is 14.7. The van der Waals surface area contributed by atoms with Crippen LogP contribution in [0.25, 0.3) is 0 Å². The smallest absolute Gasteiger partial charge is 0.226 e. The first-order valence-corrected chi connectivity index (χ1v) is 7.75. The zero-order valence-electron chi connectivity index (χ0n) is 11.7. The van der Waals surface area contributed by atoms with E-state index in [-0.39, 0.29) is 5.92 Å². The van der Waals surface area contributed by atoms with E-state index in [9.17, 15) is 4.79 Å². The van der Waals surface area contributed by atoms with Gasteiger partial charge in [-0.15, -0.1) is 0 Å². The van der Waals surface area contributed by atoms with Crippen molar-refractivity contribution in [3.8, 4) is 0 Å². The van der Waals surface area contributed by atoms with E-state index in [4.69, 9.17) is 5.73 Å². The van der Waals surface area contributed by atoms with E-state index < -0.39 is 0 Å². The molecule has 2 N–H and O–H groups in total. The lowest BCUT2D eigenvalue weighted by molar-refractivity contribution is -0.139. The van der Waals surface area contributed by atoms with Crippen molar-refractivity contribution in [1.29, 1.82) is 0 Å². The van der Waals surface area contributed by atoms with E-state index in [0.717, 1.165) is 31.8 Å². The maximum absolute atomic E-state index is 12.6. The second-order valence-corrected chi connectivity index (χ2v) is 6.06. The quantitative estimate of drug-likeness (QED) is 0.816. The lowest BCUT2D eigenvalue weighted by Gasteiger charge is -2.37. The second kappa shape index (κ2) is 6.55. The summed E-state index contributed by atoms with van der Waals surface area (Å²) in [5.74, 6) is 1.80. The van der Waals surface area contributed by atoms with Crippen molar-refractivity contribution in [3.63, 3.8) is 0 Å². The molecule has 0 aromatic carbocycles. The van der Waals surface area contributed by atoms with Gasteiger partial charge in [-0.1, -0.05) is 19.3 Å². The summed E-state index contributed by atoms with van der Waals surface area (Å²) in [6, 6.07) is 0. The summed E-state index contributed by atoms with van der Waals surface area (Å²) in [6.07, 6.45) is 8.64. The number of nitrogens with zero attached hydrogens (tertiary/aromatic N) is 1. The van der Waals surface area contributed by atoms with Crippen LogP contribution in [-0.4, -0.2) is 30.4 Å². The van der Waals surface area contributed by atoms with Gasteiger partial charge in [-0.2, -0.15) is 0 Å². The van der Waals surface area contributed by atoms with Crippen LogP contribution in [0, 0.1) is 17.8 Å². The largest absolute Gasteiger partial charge is 0.342 e. The summed E-state index contributed by atoms with van der Waals surface area (Å²) in [6.45, 7) is 4.64. The number of hydrogen-bond acceptors (Lipinski definition) is 2. The molecule has 2 atom stereocenters. The van der Waals surface area contributed by atoms with Crippen LogP contribution in [0.3, 0.4) is 0 Å². The summed E-state index contributed by atoms with van der Waals surface area (Å²) >= 11 is 0. The Bertz CT molecular complexity index is 276. The summed E-state index contributed by atoms with van der Waals surface area (Å²) in [7, 11) is 0. The third kappa shape index (κ3) is 3.05. The molecular formula is C15H28N2O. The molecule has 2 aliphatic rings. The minimum Gasteiger partial charge on any atom is -0.342 e. The molecule has 3 nitrogen and oxygen atoms in total. The fraction of sp³-hybridized carbons (Fsp3) is 0.933. The molecule has 2 unspecified atom stereocenters. The van der Waals surface area contributed by atoms with Gasteiger partial charge < -0.3 is 10.6 Å². The summed E-state index contributed by atoms with van der Waals surface area (Å²) < 4.78 is 0. The first kappa shape index (κ1) is 13.9. The Morgan fingerprint density at radius 2 is 1.89 bits per heavy atom. The molecule has 0 radical (unpaired) electrons. The maximum atomic E-state index is 12.6. The van der Waals surface area contributed by atoms with Crippen molar-refractivity contribution in [1.82, 2.24) is 4.90 Å². The van der Waals surface area contributed by atoms with Crippen LogP contribution in [0.5, 0.6) is 0 Å². The molecule has 0 aromatic rings. The van der Waals surface area contributed by atoms with Crippen LogP contribution in [-0.2, 0) is 4.79 Å². The Morgan fingerprint density at radius 1 is 1.17 bits per heavy atom. The van der Waals surface area contributed by atoms with Crippen molar-refractivity contribution in [3.05, 3.63) is 0 Å². The highest BCUT2D eigenvalue weighted by Gasteiger charge is 2.33. The van der Waals surface area contributed by atoms with Gasteiger partial charge in [0.05, 0.1) is 0 Å². The Balaban J connectivity index is 1.93. The van der Waals surface area contributed by atoms with Gasteiger partial charge >= 0.3 is 0 Å². The van der Waals surface area contributed by atoms with Gasteiger partial charge in [0.15, 0.2) is 0 Å². The lowest BCUT2D eigenvalue weighted by atomic mass is 9.78. The van der Waals surface area contributed by atoms with Crippen molar-refractivity contribution in [2.45, 2.75) is 51.9 Å². The van der Waals surface area contributed by atoms with Crippen LogP contribution in [0.4, 0.5) is 0 Å². The van der Waals surface area contributed by atoms with Crippen molar-refractivity contribution in [2.75, 3.05) is 19.6 Å². The molecule has 1 amide bonds. The maximum Gasteiger partial charge on any atom is 0.226 e. The molecule has 0 spiro atoms. The molecule has 3 heteroatoms. The minimum atomic E-state index is 0.212. The Morgan fingerprint density at radius 3 is 2.44 bits per heavy atom. The molecule has 2 fully saturated rings. The van der Waals surface area contributed by atoms with Gasteiger partial charge in [-0.3, -0.25) is 4.79 Å². The topological polar surface area (TPSA) is 46.3 Å². The van der Waals surface area contributed by atoms with E-state index in [1.54, 1.807) is 0 Å². The predicted molar refractivity (Wildman–Crippen MR) is 74.1 cm³/mol. The highest BCUT2D eigenvalue weighted by molar-refractivity contribution is 5.79. The van der Waals surface area contributed by atoms with Gasteiger partial charge in [-0.05, 0) is 51.0 Å². The van der Waals surface area contributed by atoms with Crippen LogP contribution in [0.1, 0.15) is 51.9 Å². The molecule has 0 heterocycles. The molecule has 0 saturated heterocycles. The normalized spacial score (nSPS) is 28.8. The number of carbonyl (C=O) groups excluding carboxylic acids is 1. The molecule has 2 saturated carbocycles. The predicted octanol–water partition coefficient (Wildman–Crippen LogP) is 2.40. The number of rotatable bonds is 5. The van der Waals surface area contributed by atoms with Crippen molar-refractivity contribution >= 4 is 5.91 Å². The Labute approximate surface area is 111 Å². The molecular weight excluding hydrogens is 224 g/mol. The van der Waals surface area contributed by atoms with Gasteiger partial charge in [0.2, 0.25) is 5.91 Å². The van der Waals surface area contributed by atoms with E-state index in [1.165, 1.54) is 32.1 Å². The minimum absolute atomic E-state index is 0.212. The van der Waals surface area contributed by atoms with Crippen molar-refractivity contribution < 1.29 is 4.79 Å². The summed E-state index contributed by atoms with van der Waals surface area (Å²) in [5.41, 5.74) is 5.84. The Hall–Kier alpha value is -0.570.